The topological polar surface area (TPSA) is 114 Å². The summed E-state index contributed by atoms with van der Waals surface area (Å²) in [6.45, 7) is 2.92. The van der Waals surface area contributed by atoms with Gasteiger partial charge in [0.25, 0.3) is 0 Å². The molecule has 8 nitrogen and oxygen atoms in total. The average Bonchev–Trinajstić information content (AvgIpc) is 2.77. The molecule has 0 aliphatic rings. The van der Waals surface area contributed by atoms with Crippen molar-refractivity contribution < 1.29 is 18.3 Å². The van der Waals surface area contributed by atoms with Crippen LogP contribution in [0, 0.1) is 0 Å². The molecule has 0 aromatic carbocycles. The van der Waals surface area contributed by atoms with Crippen LogP contribution in [0.1, 0.15) is 17.4 Å². The summed E-state index contributed by atoms with van der Waals surface area (Å²) in [4.78, 5) is 10.5. The third-order valence-electron chi connectivity index (χ3n) is 2.31. The lowest BCUT2D eigenvalue weighted by molar-refractivity contribution is 0.0690. The Bertz CT molecular complexity index is 496. The Hall–Kier alpha value is -1.48. The first-order valence-electron chi connectivity index (χ1n) is 5.49. The highest BCUT2D eigenvalue weighted by Crippen LogP contribution is 1.92. The van der Waals surface area contributed by atoms with Gasteiger partial charge >= 0.3 is 5.97 Å². The predicted molar refractivity (Wildman–Crippen MR) is 64.2 cm³/mol. The molecule has 9 heteroatoms. The number of hydrogen-bond donors (Lipinski definition) is 2. The minimum Gasteiger partial charge on any atom is -0.476 e. The van der Waals surface area contributed by atoms with Crippen molar-refractivity contribution in [3.63, 3.8) is 0 Å². The van der Waals surface area contributed by atoms with E-state index in [-0.39, 0.29) is 17.2 Å². The molecule has 0 aliphatic heterocycles. The first kappa shape index (κ1) is 14.6. The lowest BCUT2D eigenvalue weighted by Crippen LogP contribution is -2.27. The minimum atomic E-state index is -2.95. The van der Waals surface area contributed by atoms with E-state index in [0.717, 1.165) is 0 Å². The molecule has 18 heavy (non-hydrogen) atoms. The molecular formula is C9H16N4O4S. The Labute approximate surface area is 105 Å². The zero-order valence-electron chi connectivity index (χ0n) is 10.0. The number of carboxylic acids is 1. The first-order chi connectivity index (χ1) is 8.44. The number of aromatic nitrogens is 3. The molecule has 0 spiro atoms. The molecule has 0 saturated heterocycles. The Morgan fingerprint density at radius 1 is 1.50 bits per heavy atom. The lowest BCUT2D eigenvalue weighted by atomic mass is 10.5. The molecule has 0 unspecified atom stereocenters. The van der Waals surface area contributed by atoms with Gasteiger partial charge in [0, 0.05) is 18.8 Å². The van der Waals surface area contributed by atoms with Gasteiger partial charge in [-0.1, -0.05) is 12.1 Å². The maximum atomic E-state index is 11.2. The third kappa shape index (κ3) is 4.80. The van der Waals surface area contributed by atoms with Crippen molar-refractivity contribution in [3.8, 4) is 0 Å². The van der Waals surface area contributed by atoms with E-state index in [1.807, 2.05) is 0 Å². The molecular weight excluding hydrogens is 260 g/mol. The van der Waals surface area contributed by atoms with Crippen molar-refractivity contribution in [3.05, 3.63) is 11.9 Å². The quantitative estimate of drug-likeness (QED) is 0.585. The van der Waals surface area contributed by atoms with E-state index in [2.05, 4.69) is 15.6 Å². The van der Waals surface area contributed by atoms with Crippen molar-refractivity contribution in [1.82, 2.24) is 20.3 Å². The van der Waals surface area contributed by atoms with E-state index in [1.54, 1.807) is 6.92 Å². The van der Waals surface area contributed by atoms with Crippen molar-refractivity contribution >= 4 is 15.8 Å². The fourth-order valence-corrected chi connectivity index (χ4v) is 1.94. The monoisotopic (exact) mass is 276 g/mol. The smallest absolute Gasteiger partial charge is 0.358 e. The van der Waals surface area contributed by atoms with Gasteiger partial charge in [-0.15, -0.1) is 5.10 Å². The van der Waals surface area contributed by atoms with Gasteiger partial charge in [0.1, 0.15) is 0 Å². The van der Waals surface area contributed by atoms with Gasteiger partial charge in [-0.25, -0.2) is 13.2 Å². The largest absolute Gasteiger partial charge is 0.476 e. The van der Waals surface area contributed by atoms with Crippen molar-refractivity contribution in [1.29, 1.82) is 0 Å². The van der Waals surface area contributed by atoms with Crippen LogP contribution in [-0.4, -0.2) is 59.1 Å². The van der Waals surface area contributed by atoms with E-state index in [9.17, 15) is 13.2 Å². The molecule has 0 amide bonds. The van der Waals surface area contributed by atoms with Gasteiger partial charge in [0.05, 0.1) is 18.5 Å². The maximum Gasteiger partial charge on any atom is 0.358 e. The third-order valence-corrected chi connectivity index (χ3v) is 4.01. The molecule has 1 aromatic rings. The number of rotatable bonds is 8. The Morgan fingerprint density at radius 3 is 2.78 bits per heavy atom. The van der Waals surface area contributed by atoms with Crippen LogP contribution >= 0.6 is 0 Å². The summed E-state index contributed by atoms with van der Waals surface area (Å²) in [6.07, 6.45) is 1.33. The summed E-state index contributed by atoms with van der Waals surface area (Å²) >= 11 is 0. The molecule has 0 aliphatic carbocycles. The second kappa shape index (κ2) is 6.45. The van der Waals surface area contributed by atoms with Crippen LogP contribution in [0.25, 0.3) is 0 Å². The van der Waals surface area contributed by atoms with Crippen molar-refractivity contribution in [2.45, 2.75) is 13.5 Å². The summed E-state index contributed by atoms with van der Waals surface area (Å²) in [6, 6.07) is 0. The Morgan fingerprint density at radius 2 is 2.22 bits per heavy atom. The molecule has 0 saturated carbocycles. The Balaban J connectivity index is 2.24. The lowest BCUT2D eigenvalue weighted by Gasteiger charge is -2.04. The summed E-state index contributed by atoms with van der Waals surface area (Å²) in [7, 11) is -2.95. The van der Waals surface area contributed by atoms with E-state index < -0.39 is 15.8 Å². The summed E-state index contributed by atoms with van der Waals surface area (Å²) < 4.78 is 23.7. The van der Waals surface area contributed by atoms with Gasteiger partial charge in [0.2, 0.25) is 0 Å². The molecule has 1 aromatic heterocycles. The van der Waals surface area contributed by atoms with E-state index in [4.69, 9.17) is 5.11 Å². The number of hydrogen-bond acceptors (Lipinski definition) is 6. The molecule has 2 N–H and O–H groups in total. The maximum absolute atomic E-state index is 11.2. The molecule has 1 rings (SSSR count). The summed E-state index contributed by atoms with van der Waals surface area (Å²) in [5.41, 5.74) is -0.108. The molecule has 0 bridgehead atoms. The second-order valence-electron chi connectivity index (χ2n) is 3.66. The van der Waals surface area contributed by atoms with Crippen LogP contribution in [0.2, 0.25) is 0 Å². The van der Waals surface area contributed by atoms with E-state index in [0.29, 0.717) is 19.6 Å². The van der Waals surface area contributed by atoms with Crippen molar-refractivity contribution in [2.75, 3.05) is 24.6 Å². The van der Waals surface area contributed by atoms with Gasteiger partial charge in [-0.2, -0.15) is 0 Å². The van der Waals surface area contributed by atoms with Crippen LogP contribution in [0.15, 0.2) is 6.20 Å². The molecule has 0 radical (unpaired) electrons. The number of nitrogens with one attached hydrogen (secondary N) is 1. The van der Waals surface area contributed by atoms with Crippen LogP contribution < -0.4 is 5.32 Å². The molecule has 102 valence electrons. The summed E-state index contributed by atoms with van der Waals surface area (Å²) in [5, 5.41) is 18.7. The van der Waals surface area contributed by atoms with Crippen LogP contribution in [0.4, 0.5) is 0 Å². The fourth-order valence-electron chi connectivity index (χ4n) is 1.20. The highest BCUT2D eigenvalue weighted by Gasteiger charge is 2.08. The van der Waals surface area contributed by atoms with Crippen LogP contribution in [-0.2, 0) is 16.4 Å². The number of nitrogens with zero attached hydrogens (tertiary/aromatic N) is 3. The summed E-state index contributed by atoms with van der Waals surface area (Å²) in [5.74, 6) is -0.885. The first-order valence-corrected chi connectivity index (χ1v) is 7.31. The number of sulfone groups is 1. The fraction of sp³-hybridized carbons (Fsp3) is 0.667. The van der Waals surface area contributed by atoms with Gasteiger partial charge in [-0.05, 0) is 0 Å². The van der Waals surface area contributed by atoms with E-state index >= 15 is 0 Å². The Kier molecular flexibility index (Phi) is 5.23. The number of aromatic carboxylic acids is 1. The highest BCUT2D eigenvalue weighted by molar-refractivity contribution is 7.91. The number of carboxylic acid groups (broad SMARTS) is 1. The molecule has 1 heterocycles. The van der Waals surface area contributed by atoms with Crippen LogP contribution in [0.3, 0.4) is 0 Å². The second-order valence-corrected chi connectivity index (χ2v) is 6.13. The van der Waals surface area contributed by atoms with E-state index in [1.165, 1.54) is 10.9 Å². The zero-order chi connectivity index (χ0) is 13.6. The average molecular weight is 276 g/mol. The highest BCUT2D eigenvalue weighted by atomic mass is 32.2. The standard InChI is InChI=1S/C9H16N4O4S/c1-2-18(16,17)6-4-10-3-5-13-7-8(9(14)15)11-12-13/h7,10H,2-6H2,1H3,(H,14,15). The minimum absolute atomic E-state index is 0.0984. The zero-order valence-corrected chi connectivity index (χ0v) is 10.9. The van der Waals surface area contributed by atoms with Gasteiger partial charge in [-0.3, -0.25) is 4.68 Å². The molecule has 0 fully saturated rings. The SMILES string of the molecule is CCS(=O)(=O)CCNCCn1cc(C(=O)O)nn1. The van der Waals surface area contributed by atoms with Crippen LogP contribution in [0.5, 0.6) is 0 Å². The van der Waals surface area contributed by atoms with Gasteiger partial charge in [0.15, 0.2) is 15.5 Å². The predicted octanol–water partition coefficient (Wildman–Crippen LogP) is -0.999. The van der Waals surface area contributed by atoms with Crippen molar-refractivity contribution in [2.24, 2.45) is 0 Å². The molecule has 0 atom stereocenters. The number of carbonyl (C=O) groups is 1. The normalized spacial score (nSPS) is 11.6. The van der Waals surface area contributed by atoms with Gasteiger partial charge < -0.3 is 10.4 Å².